The molecule has 5 heteroatoms. The van der Waals surface area contributed by atoms with Gasteiger partial charge in [-0.05, 0) is 68.1 Å². The Hall–Kier alpha value is -2.20. The molecule has 4 nitrogen and oxygen atoms in total. The summed E-state index contributed by atoms with van der Waals surface area (Å²) in [7, 11) is 1.64. The molecule has 1 unspecified atom stereocenters. The minimum absolute atomic E-state index is 0. The Balaban J connectivity index is 0.00000208. The van der Waals surface area contributed by atoms with Crippen LogP contribution in [0, 0.1) is 5.92 Å². The molecule has 2 aromatic rings. The molecule has 0 aliphatic heterocycles. The van der Waals surface area contributed by atoms with Crippen LogP contribution in [-0.4, -0.2) is 19.1 Å². The van der Waals surface area contributed by atoms with Crippen molar-refractivity contribution in [2.75, 3.05) is 17.7 Å². The molecule has 2 N–H and O–H groups in total. The average molecular weight is 347 g/mol. The van der Waals surface area contributed by atoms with Gasteiger partial charge in [0.15, 0.2) is 0 Å². The second-order valence-corrected chi connectivity index (χ2v) is 6.08. The van der Waals surface area contributed by atoms with E-state index in [1.165, 1.54) is 12.8 Å². The first kappa shape index (κ1) is 18.1. The van der Waals surface area contributed by atoms with Crippen molar-refractivity contribution < 1.29 is 9.53 Å². The van der Waals surface area contributed by atoms with Crippen molar-refractivity contribution >= 4 is 29.7 Å². The lowest BCUT2D eigenvalue weighted by Crippen LogP contribution is -2.40. The smallest absolute Gasteiger partial charge is 0.258 e. The lowest BCUT2D eigenvalue weighted by Gasteiger charge is -2.30. The fourth-order valence-corrected chi connectivity index (χ4v) is 2.88. The maximum Gasteiger partial charge on any atom is 0.258 e. The SMILES string of the molecule is COc1ccc(N(C(=O)c2cccc(N)c2)C(C)C2CC2)cc1.Cl. The van der Waals surface area contributed by atoms with E-state index < -0.39 is 0 Å². The Morgan fingerprint density at radius 3 is 2.42 bits per heavy atom. The van der Waals surface area contributed by atoms with Gasteiger partial charge in [0.05, 0.1) is 7.11 Å². The van der Waals surface area contributed by atoms with E-state index in [4.69, 9.17) is 10.5 Å². The first-order valence-corrected chi connectivity index (χ1v) is 7.93. The number of carbonyl (C=O) groups is 1. The zero-order valence-corrected chi connectivity index (χ0v) is 14.8. The molecule has 1 aliphatic rings. The Kier molecular flexibility index (Phi) is 5.73. The maximum absolute atomic E-state index is 13.1. The molecule has 1 fully saturated rings. The van der Waals surface area contributed by atoms with Gasteiger partial charge in [-0.15, -0.1) is 12.4 Å². The topological polar surface area (TPSA) is 55.6 Å². The minimum Gasteiger partial charge on any atom is -0.497 e. The lowest BCUT2D eigenvalue weighted by atomic mass is 10.1. The summed E-state index contributed by atoms with van der Waals surface area (Å²) in [5.41, 5.74) is 7.94. The van der Waals surface area contributed by atoms with Crippen LogP contribution in [0.15, 0.2) is 48.5 Å². The summed E-state index contributed by atoms with van der Waals surface area (Å²) in [5.74, 6) is 1.34. The van der Waals surface area contributed by atoms with Gasteiger partial charge >= 0.3 is 0 Å². The van der Waals surface area contributed by atoms with Gasteiger partial charge in [0.25, 0.3) is 5.91 Å². The summed E-state index contributed by atoms with van der Waals surface area (Å²) >= 11 is 0. The summed E-state index contributed by atoms with van der Waals surface area (Å²) in [5, 5.41) is 0. The molecule has 0 aromatic heterocycles. The van der Waals surface area contributed by atoms with Gasteiger partial charge < -0.3 is 15.4 Å². The van der Waals surface area contributed by atoms with Gasteiger partial charge in [-0.3, -0.25) is 4.79 Å². The minimum atomic E-state index is -0.0122. The first-order valence-electron chi connectivity index (χ1n) is 7.93. The van der Waals surface area contributed by atoms with E-state index in [1.54, 1.807) is 19.2 Å². The number of rotatable bonds is 5. The van der Waals surface area contributed by atoms with Crippen LogP contribution in [-0.2, 0) is 0 Å². The molecule has 1 amide bonds. The first-order chi connectivity index (χ1) is 11.1. The van der Waals surface area contributed by atoms with Crippen LogP contribution in [0.2, 0.25) is 0 Å². The molecule has 1 saturated carbocycles. The number of hydrogen-bond acceptors (Lipinski definition) is 3. The van der Waals surface area contributed by atoms with Crippen molar-refractivity contribution in [2.45, 2.75) is 25.8 Å². The van der Waals surface area contributed by atoms with Gasteiger partial charge in [-0.1, -0.05) is 6.07 Å². The molecule has 0 bridgehead atoms. The van der Waals surface area contributed by atoms with E-state index in [0.29, 0.717) is 17.2 Å². The zero-order chi connectivity index (χ0) is 16.4. The molecular formula is C19H23ClN2O2. The van der Waals surface area contributed by atoms with Gasteiger partial charge in [0, 0.05) is 23.0 Å². The Morgan fingerprint density at radius 2 is 1.88 bits per heavy atom. The predicted octanol–water partition coefficient (Wildman–Crippen LogP) is 4.14. The molecule has 128 valence electrons. The summed E-state index contributed by atoms with van der Waals surface area (Å²) < 4.78 is 5.21. The third kappa shape index (κ3) is 3.82. The van der Waals surface area contributed by atoms with Crippen molar-refractivity contribution in [3.8, 4) is 5.75 Å². The molecule has 1 atom stereocenters. The predicted molar refractivity (Wildman–Crippen MR) is 100 cm³/mol. The summed E-state index contributed by atoms with van der Waals surface area (Å²) in [6.07, 6.45) is 2.36. The van der Waals surface area contributed by atoms with Gasteiger partial charge in [-0.25, -0.2) is 0 Å². The molecule has 0 saturated heterocycles. The quantitative estimate of drug-likeness (QED) is 0.827. The molecule has 1 aliphatic carbocycles. The van der Waals surface area contributed by atoms with Crippen LogP contribution < -0.4 is 15.4 Å². The van der Waals surface area contributed by atoms with E-state index >= 15 is 0 Å². The third-order valence-electron chi connectivity index (χ3n) is 4.41. The van der Waals surface area contributed by atoms with Crippen molar-refractivity contribution in [3.63, 3.8) is 0 Å². The van der Waals surface area contributed by atoms with Gasteiger partial charge in [0.2, 0.25) is 0 Å². The highest BCUT2D eigenvalue weighted by molar-refractivity contribution is 6.07. The number of ether oxygens (including phenoxy) is 1. The molecule has 24 heavy (non-hydrogen) atoms. The fourth-order valence-electron chi connectivity index (χ4n) is 2.88. The van der Waals surface area contributed by atoms with Gasteiger partial charge in [0.1, 0.15) is 5.75 Å². The van der Waals surface area contributed by atoms with E-state index in [9.17, 15) is 4.79 Å². The highest BCUT2D eigenvalue weighted by Gasteiger charge is 2.35. The maximum atomic E-state index is 13.1. The van der Waals surface area contributed by atoms with Crippen molar-refractivity contribution in [1.82, 2.24) is 0 Å². The number of amides is 1. The molecule has 0 heterocycles. The third-order valence-corrected chi connectivity index (χ3v) is 4.41. The highest BCUT2D eigenvalue weighted by atomic mass is 35.5. The second kappa shape index (κ2) is 7.58. The number of methoxy groups -OCH3 is 1. The molecular weight excluding hydrogens is 324 g/mol. The fraction of sp³-hybridized carbons (Fsp3) is 0.316. The normalized spacial score (nSPS) is 14.4. The largest absolute Gasteiger partial charge is 0.497 e. The highest BCUT2D eigenvalue weighted by Crippen LogP contribution is 2.38. The standard InChI is InChI=1S/C19H22N2O2.ClH/c1-13(14-6-7-14)21(17-8-10-18(23-2)11-9-17)19(22)15-4-3-5-16(20)12-15;/h3-5,8-14H,6-7,20H2,1-2H3;1H. The Bertz CT molecular complexity index is 699. The van der Waals surface area contributed by atoms with Crippen molar-refractivity contribution in [2.24, 2.45) is 5.92 Å². The number of anilines is 2. The van der Waals surface area contributed by atoms with Gasteiger partial charge in [-0.2, -0.15) is 0 Å². The number of nitrogens with zero attached hydrogens (tertiary/aromatic N) is 1. The van der Waals surface area contributed by atoms with E-state index in [1.807, 2.05) is 41.3 Å². The van der Waals surface area contributed by atoms with Crippen molar-refractivity contribution in [3.05, 3.63) is 54.1 Å². The summed E-state index contributed by atoms with van der Waals surface area (Å²) in [6.45, 7) is 2.12. The molecule has 2 aromatic carbocycles. The summed E-state index contributed by atoms with van der Waals surface area (Å²) in [4.78, 5) is 14.9. The van der Waals surface area contributed by atoms with Crippen LogP contribution >= 0.6 is 12.4 Å². The molecule has 0 spiro atoms. The number of nitrogens with two attached hydrogens (primary N) is 1. The monoisotopic (exact) mass is 346 g/mol. The Labute approximate surface area is 149 Å². The van der Waals surface area contributed by atoms with Crippen molar-refractivity contribution in [1.29, 1.82) is 0 Å². The van der Waals surface area contributed by atoms with E-state index in [2.05, 4.69) is 6.92 Å². The number of carbonyl (C=O) groups excluding carboxylic acids is 1. The number of hydrogen-bond donors (Lipinski definition) is 1. The number of halogens is 1. The summed E-state index contributed by atoms with van der Waals surface area (Å²) in [6, 6.07) is 15.0. The van der Waals surface area contributed by atoms with E-state index in [0.717, 1.165) is 11.4 Å². The van der Waals surface area contributed by atoms with Crippen LogP contribution in [0.3, 0.4) is 0 Å². The van der Waals surface area contributed by atoms with Crippen LogP contribution in [0.5, 0.6) is 5.75 Å². The van der Waals surface area contributed by atoms with Crippen LogP contribution in [0.25, 0.3) is 0 Å². The second-order valence-electron chi connectivity index (χ2n) is 6.08. The molecule has 0 radical (unpaired) electrons. The molecule has 3 rings (SSSR count). The average Bonchev–Trinajstić information content (AvgIpc) is 3.40. The number of benzene rings is 2. The number of nitrogen functional groups attached to an aromatic ring is 1. The van der Waals surface area contributed by atoms with Crippen LogP contribution in [0.1, 0.15) is 30.1 Å². The lowest BCUT2D eigenvalue weighted by molar-refractivity contribution is 0.0975. The Morgan fingerprint density at radius 1 is 1.21 bits per heavy atom. The zero-order valence-electron chi connectivity index (χ0n) is 13.9. The van der Waals surface area contributed by atoms with E-state index in [-0.39, 0.29) is 24.4 Å². The van der Waals surface area contributed by atoms with Crippen LogP contribution in [0.4, 0.5) is 11.4 Å².